The Morgan fingerprint density at radius 1 is 1.07 bits per heavy atom. The van der Waals surface area contributed by atoms with Gasteiger partial charge in [0.1, 0.15) is 0 Å². The summed E-state index contributed by atoms with van der Waals surface area (Å²) < 4.78 is 28.2. The molecule has 0 bridgehead atoms. The highest BCUT2D eigenvalue weighted by atomic mass is 32.2. The highest BCUT2D eigenvalue weighted by molar-refractivity contribution is 7.89. The number of aryl methyl sites for hydroxylation is 3. The lowest BCUT2D eigenvalue weighted by molar-refractivity contribution is -0.119. The highest BCUT2D eigenvalue weighted by Crippen LogP contribution is 2.22. The molecule has 2 rings (SSSR count). The molecule has 3 N–H and O–H groups in total. The van der Waals surface area contributed by atoms with Gasteiger partial charge in [-0.1, -0.05) is 38.1 Å². The number of nitrogens with two attached hydrogens (primary N) is 1. The number of hydrogen-bond donors (Lipinski definition) is 2. The Hall–Kier alpha value is -2.71. The van der Waals surface area contributed by atoms with Crippen molar-refractivity contribution in [3.05, 3.63) is 58.7 Å². The third-order valence-corrected chi connectivity index (χ3v) is 5.38. The average molecular weight is 404 g/mol. The van der Waals surface area contributed by atoms with Crippen LogP contribution >= 0.6 is 0 Å². The van der Waals surface area contributed by atoms with E-state index in [1.165, 1.54) is 12.1 Å². The largest absolute Gasteiger partial charge is 0.452 e. The second-order valence-corrected chi connectivity index (χ2v) is 7.84. The molecule has 0 saturated carbocycles. The molecule has 7 nitrogen and oxygen atoms in total. The molecule has 0 aliphatic rings. The van der Waals surface area contributed by atoms with Gasteiger partial charge in [-0.3, -0.25) is 4.79 Å². The lowest BCUT2D eigenvalue weighted by Crippen LogP contribution is -2.22. The zero-order valence-corrected chi connectivity index (χ0v) is 16.9. The van der Waals surface area contributed by atoms with Crippen LogP contribution < -0.4 is 10.5 Å². The minimum atomic E-state index is -3.96. The van der Waals surface area contributed by atoms with E-state index in [9.17, 15) is 18.0 Å². The molecule has 150 valence electrons. The Morgan fingerprint density at radius 3 is 2.21 bits per heavy atom. The third kappa shape index (κ3) is 5.17. The molecule has 0 spiro atoms. The second-order valence-electron chi connectivity index (χ2n) is 6.31. The van der Waals surface area contributed by atoms with E-state index in [1.807, 2.05) is 32.0 Å². The van der Waals surface area contributed by atoms with Crippen molar-refractivity contribution in [3.8, 4) is 0 Å². The summed E-state index contributed by atoms with van der Waals surface area (Å²) in [5.41, 5.74) is 3.15. The van der Waals surface area contributed by atoms with Crippen molar-refractivity contribution >= 4 is 27.6 Å². The summed E-state index contributed by atoms with van der Waals surface area (Å²) in [5.74, 6) is -1.28. The maximum atomic E-state index is 12.3. The van der Waals surface area contributed by atoms with Gasteiger partial charge >= 0.3 is 5.97 Å². The first-order chi connectivity index (χ1) is 13.2. The fourth-order valence-electron chi connectivity index (χ4n) is 2.83. The van der Waals surface area contributed by atoms with Crippen LogP contribution in [0.4, 0.5) is 5.69 Å². The molecule has 0 aromatic heterocycles. The Balaban J connectivity index is 2.09. The molecule has 1 amide bonds. The van der Waals surface area contributed by atoms with E-state index in [-0.39, 0.29) is 10.5 Å². The van der Waals surface area contributed by atoms with Crippen molar-refractivity contribution in [2.75, 3.05) is 11.9 Å². The van der Waals surface area contributed by atoms with Gasteiger partial charge < -0.3 is 10.1 Å². The summed E-state index contributed by atoms with van der Waals surface area (Å²) in [6.45, 7) is 5.06. The Bertz CT molecular complexity index is 977. The number of anilines is 1. The van der Waals surface area contributed by atoms with E-state index in [0.717, 1.165) is 35.7 Å². The highest BCUT2D eigenvalue weighted by Gasteiger charge is 2.17. The van der Waals surface area contributed by atoms with E-state index >= 15 is 0 Å². The van der Waals surface area contributed by atoms with Crippen LogP contribution in [0.5, 0.6) is 0 Å². The van der Waals surface area contributed by atoms with Crippen molar-refractivity contribution in [1.29, 1.82) is 0 Å². The van der Waals surface area contributed by atoms with Crippen molar-refractivity contribution in [3.63, 3.8) is 0 Å². The van der Waals surface area contributed by atoms with E-state index in [0.29, 0.717) is 5.56 Å². The molecule has 0 aliphatic carbocycles. The molecule has 28 heavy (non-hydrogen) atoms. The minimum absolute atomic E-state index is 0.00521. The second kappa shape index (κ2) is 8.99. The van der Waals surface area contributed by atoms with Crippen molar-refractivity contribution in [2.45, 2.75) is 38.5 Å². The van der Waals surface area contributed by atoms with E-state index in [4.69, 9.17) is 9.88 Å². The predicted octanol–water partition coefficient (Wildman–Crippen LogP) is 2.56. The van der Waals surface area contributed by atoms with E-state index in [1.54, 1.807) is 6.92 Å². The van der Waals surface area contributed by atoms with Crippen LogP contribution in [0.15, 0.2) is 41.3 Å². The zero-order valence-electron chi connectivity index (χ0n) is 16.1. The number of benzene rings is 2. The van der Waals surface area contributed by atoms with Gasteiger partial charge in [-0.05, 0) is 48.6 Å². The standard InChI is InChI=1S/C20H24N2O5S/c1-4-14-7-6-8-15(5-2)19(14)22-18(23)12-27-20(24)16-10-9-13(3)17(11-16)28(21,25)26/h6-11H,4-5,12H2,1-3H3,(H,22,23)(H2,21,25,26). The molecular weight excluding hydrogens is 380 g/mol. The molecule has 0 fully saturated rings. The van der Waals surface area contributed by atoms with Gasteiger partial charge in [0.2, 0.25) is 10.0 Å². The maximum Gasteiger partial charge on any atom is 0.338 e. The molecule has 0 radical (unpaired) electrons. The first kappa shape index (κ1) is 21.6. The Labute approximate surface area is 164 Å². The summed E-state index contributed by atoms with van der Waals surface area (Å²) in [6, 6.07) is 9.83. The molecule has 2 aromatic carbocycles. The first-order valence-corrected chi connectivity index (χ1v) is 10.4. The normalized spacial score (nSPS) is 11.1. The van der Waals surface area contributed by atoms with Gasteiger partial charge in [-0.2, -0.15) is 0 Å². The minimum Gasteiger partial charge on any atom is -0.452 e. The quantitative estimate of drug-likeness (QED) is 0.688. The number of esters is 1. The molecule has 8 heteroatoms. The maximum absolute atomic E-state index is 12.3. The summed E-state index contributed by atoms with van der Waals surface area (Å²) in [4.78, 5) is 24.3. The zero-order chi connectivity index (χ0) is 20.9. The number of carbonyl (C=O) groups is 2. The number of nitrogens with one attached hydrogen (secondary N) is 1. The number of amides is 1. The Kier molecular flexibility index (Phi) is 6.93. The molecule has 0 unspecified atom stereocenters. The van der Waals surface area contributed by atoms with Gasteiger partial charge in [0.15, 0.2) is 6.61 Å². The lowest BCUT2D eigenvalue weighted by Gasteiger charge is -2.14. The molecule has 0 heterocycles. The van der Waals surface area contributed by atoms with Crippen LogP contribution in [-0.2, 0) is 32.4 Å². The molecule has 0 atom stereocenters. The molecular formula is C20H24N2O5S. The number of para-hydroxylation sites is 1. The van der Waals surface area contributed by atoms with Crippen LogP contribution in [0.25, 0.3) is 0 Å². The van der Waals surface area contributed by atoms with Gasteiger partial charge in [0.25, 0.3) is 5.91 Å². The van der Waals surface area contributed by atoms with E-state index in [2.05, 4.69) is 5.32 Å². The fraction of sp³-hybridized carbons (Fsp3) is 0.300. The lowest BCUT2D eigenvalue weighted by atomic mass is 10.0. The van der Waals surface area contributed by atoms with Crippen LogP contribution in [0.3, 0.4) is 0 Å². The van der Waals surface area contributed by atoms with Gasteiger partial charge in [-0.15, -0.1) is 0 Å². The number of ether oxygens (including phenoxy) is 1. The van der Waals surface area contributed by atoms with Crippen LogP contribution in [0, 0.1) is 6.92 Å². The molecule has 0 saturated heterocycles. The predicted molar refractivity (Wildman–Crippen MR) is 107 cm³/mol. The van der Waals surface area contributed by atoms with Gasteiger partial charge in [-0.25, -0.2) is 18.4 Å². The van der Waals surface area contributed by atoms with Crippen molar-refractivity contribution in [2.24, 2.45) is 5.14 Å². The monoisotopic (exact) mass is 404 g/mol. The summed E-state index contributed by atoms with van der Waals surface area (Å²) in [6.07, 6.45) is 1.51. The first-order valence-electron chi connectivity index (χ1n) is 8.88. The van der Waals surface area contributed by atoms with Crippen LogP contribution in [0.2, 0.25) is 0 Å². The average Bonchev–Trinajstić information content (AvgIpc) is 2.65. The number of rotatable bonds is 7. The topological polar surface area (TPSA) is 116 Å². The number of primary sulfonamides is 1. The number of hydrogen-bond acceptors (Lipinski definition) is 5. The molecule has 0 aliphatic heterocycles. The van der Waals surface area contributed by atoms with Crippen molar-refractivity contribution < 1.29 is 22.7 Å². The number of carbonyl (C=O) groups excluding carboxylic acids is 2. The van der Waals surface area contributed by atoms with Gasteiger partial charge in [0, 0.05) is 5.69 Å². The fourth-order valence-corrected chi connectivity index (χ4v) is 3.63. The van der Waals surface area contributed by atoms with Crippen LogP contribution in [-0.4, -0.2) is 26.9 Å². The smallest absolute Gasteiger partial charge is 0.338 e. The summed E-state index contributed by atoms with van der Waals surface area (Å²) in [7, 11) is -3.96. The van der Waals surface area contributed by atoms with Gasteiger partial charge in [0.05, 0.1) is 10.5 Å². The Morgan fingerprint density at radius 2 is 1.68 bits per heavy atom. The third-order valence-electron chi connectivity index (χ3n) is 4.33. The SMILES string of the molecule is CCc1cccc(CC)c1NC(=O)COC(=O)c1ccc(C)c(S(N)(=O)=O)c1. The summed E-state index contributed by atoms with van der Waals surface area (Å²) in [5, 5.41) is 7.95. The van der Waals surface area contributed by atoms with E-state index < -0.39 is 28.5 Å². The van der Waals surface area contributed by atoms with Crippen molar-refractivity contribution in [1.82, 2.24) is 0 Å². The number of sulfonamides is 1. The summed E-state index contributed by atoms with van der Waals surface area (Å²) >= 11 is 0. The molecule has 2 aromatic rings. The van der Waals surface area contributed by atoms with Crippen LogP contribution in [0.1, 0.15) is 40.9 Å².